The van der Waals surface area contributed by atoms with Crippen molar-refractivity contribution in [3.05, 3.63) is 105 Å². The first-order valence-corrected chi connectivity index (χ1v) is 11.1. The molecule has 0 aliphatic heterocycles. The molecular formula is C27H19ClN2O5. The van der Waals surface area contributed by atoms with Crippen LogP contribution in [0.4, 0.5) is 11.4 Å². The minimum Gasteiger partial charge on any atom is -0.451 e. The summed E-state index contributed by atoms with van der Waals surface area (Å²) in [5, 5.41) is 6.87. The first-order chi connectivity index (χ1) is 16.8. The lowest BCUT2D eigenvalue weighted by atomic mass is 10.1. The van der Waals surface area contributed by atoms with Crippen molar-refractivity contribution in [2.45, 2.75) is 13.8 Å². The van der Waals surface area contributed by atoms with Gasteiger partial charge in [0.25, 0.3) is 11.8 Å². The molecule has 0 unspecified atom stereocenters. The van der Waals surface area contributed by atoms with Crippen LogP contribution in [0.3, 0.4) is 0 Å². The molecule has 0 atom stereocenters. The number of hydrogen-bond acceptors (Lipinski definition) is 5. The first-order valence-electron chi connectivity index (χ1n) is 10.7. The normalized spacial score (nSPS) is 11.1. The van der Waals surface area contributed by atoms with Crippen molar-refractivity contribution in [2.75, 3.05) is 10.6 Å². The van der Waals surface area contributed by atoms with Crippen LogP contribution in [0.2, 0.25) is 5.02 Å². The van der Waals surface area contributed by atoms with Gasteiger partial charge in [-0.25, -0.2) is 0 Å². The molecule has 0 bridgehead atoms. The molecule has 0 saturated heterocycles. The predicted molar refractivity (Wildman–Crippen MR) is 136 cm³/mol. The van der Waals surface area contributed by atoms with Crippen LogP contribution in [0.15, 0.2) is 80.4 Å². The number of fused-ring (bicyclic) bond motifs is 2. The van der Waals surface area contributed by atoms with Crippen molar-refractivity contribution in [1.29, 1.82) is 0 Å². The largest absolute Gasteiger partial charge is 0.451 e. The zero-order chi connectivity index (χ0) is 24.7. The Hall–Kier alpha value is -4.36. The Morgan fingerprint density at radius 1 is 0.771 bits per heavy atom. The second-order valence-corrected chi connectivity index (χ2v) is 8.56. The summed E-state index contributed by atoms with van der Waals surface area (Å²) in [4.78, 5) is 38.8. The van der Waals surface area contributed by atoms with E-state index in [1.165, 1.54) is 0 Å². The van der Waals surface area contributed by atoms with E-state index in [-0.39, 0.29) is 22.6 Å². The van der Waals surface area contributed by atoms with E-state index in [1.807, 2.05) is 13.8 Å². The van der Waals surface area contributed by atoms with E-state index in [0.29, 0.717) is 32.6 Å². The molecule has 174 valence electrons. The summed E-state index contributed by atoms with van der Waals surface area (Å²) in [6, 6.07) is 18.1. The third-order valence-corrected chi connectivity index (χ3v) is 5.96. The highest BCUT2D eigenvalue weighted by molar-refractivity contribution is 6.30. The summed E-state index contributed by atoms with van der Waals surface area (Å²) in [5.74, 6) is -1.52. The molecule has 7 nitrogen and oxygen atoms in total. The lowest BCUT2D eigenvalue weighted by Crippen LogP contribution is -2.18. The van der Waals surface area contributed by atoms with Crippen LogP contribution in [0.25, 0.3) is 21.9 Å². The van der Waals surface area contributed by atoms with Gasteiger partial charge in [0.05, 0.1) is 5.39 Å². The second kappa shape index (κ2) is 8.77. The number of anilines is 2. The van der Waals surface area contributed by atoms with E-state index in [4.69, 9.17) is 20.4 Å². The molecule has 3 aromatic carbocycles. The summed E-state index contributed by atoms with van der Waals surface area (Å²) in [5.41, 5.74) is 2.93. The number of rotatable bonds is 4. The second-order valence-electron chi connectivity index (χ2n) is 8.13. The van der Waals surface area contributed by atoms with Gasteiger partial charge >= 0.3 is 0 Å². The van der Waals surface area contributed by atoms with Crippen molar-refractivity contribution >= 4 is 56.7 Å². The van der Waals surface area contributed by atoms with Crippen LogP contribution >= 0.6 is 11.6 Å². The molecule has 5 rings (SSSR count). The fraction of sp³-hybridized carbons (Fsp3) is 0.0741. The standard InChI is InChI=1S/C27H19ClN2O5/c1-14-11-19-20(31)13-23(34-22(19)12-15(14)2)26(32)30-24-18-5-3-4-6-21(18)35-25(24)27(33)29-17-9-7-16(28)8-10-17/h3-13H,1-2H3,(H,29,33)(H,30,32). The predicted octanol–water partition coefficient (Wildman–Crippen LogP) is 6.31. The third kappa shape index (κ3) is 4.29. The molecular weight excluding hydrogens is 468 g/mol. The summed E-state index contributed by atoms with van der Waals surface area (Å²) >= 11 is 5.91. The Kier molecular flexibility index (Phi) is 5.62. The molecule has 0 saturated carbocycles. The number of nitrogens with one attached hydrogen (secondary N) is 2. The molecule has 0 fully saturated rings. The number of aryl methyl sites for hydroxylation is 2. The molecule has 0 spiro atoms. The topological polar surface area (TPSA) is 102 Å². The number of halogens is 1. The minimum atomic E-state index is -0.686. The van der Waals surface area contributed by atoms with E-state index in [9.17, 15) is 14.4 Å². The van der Waals surface area contributed by atoms with Crippen molar-refractivity contribution in [2.24, 2.45) is 0 Å². The number of furan rings is 1. The smallest absolute Gasteiger partial charge is 0.293 e. The highest BCUT2D eigenvalue weighted by Gasteiger charge is 2.24. The van der Waals surface area contributed by atoms with E-state index < -0.39 is 11.8 Å². The maximum atomic E-state index is 13.1. The molecule has 2 N–H and O–H groups in total. The van der Waals surface area contributed by atoms with Gasteiger partial charge in [-0.2, -0.15) is 0 Å². The third-order valence-electron chi connectivity index (χ3n) is 5.71. The zero-order valence-electron chi connectivity index (χ0n) is 18.8. The molecule has 0 radical (unpaired) electrons. The average Bonchev–Trinajstić information content (AvgIpc) is 3.20. The van der Waals surface area contributed by atoms with Crippen molar-refractivity contribution in [3.63, 3.8) is 0 Å². The molecule has 8 heteroatoms. The first kappa shape index (κ1) is 22.4. The molecule has 2 aromatic heterocycles. The van der Waals surface area contributed by atoms with Crippen molar-refractivity contribution < 1.29 is 18.4 Å². The fourth-order valence-corrected chi connectivity index (χ4v) is 3.87. The summed E-state index contributed by atoms with van der Waals surface area (Å²) in [6.07, 6.45) is 0. The van der Waals surface area contributed by atoms with Gasteiger partial charge in [-0.05, 0) is 73.5 Å². The SMILES string of the molecule is Cc1cc2oc(C(=O)Nc3c(C(=O)Nc4ccc(Cl)cc4)oc4ccccc34)cc(=O)c2cc1C. The van der Waals surface area contributed by atoms with Gasteiger partial charge in [-0.15, -0.1) is 0 Å². The number of amides is 2. The van der Waals surface area contributed by atoms with Crippen LogP contribution in [-0.2, 0) is 0 Å². The maximum absolute atomic E-state index is 13.1. The Labute approximate surface area is 204 Å². The monoisotopic (exact) mass is 486 g/mol. The molecule has 2 amide bonds. The highest BCUT2D eigenvalue weighted by Crippen LogP contribution is 2.32. The van der Waals surface area contributed by atoms with Gasteiger partial charge in [-0.3, -0.25) is 14.4 Å². The number of carbonyl (C=O) groups is 2. The van der Waals surface area contributed by atoms with Gasteiger partial charge < -0.3 is 19.5 Å². The van der Waals surface area contributed by atoms with Gasteiger partial charge in [0, 0.05) is 22.2 Å². The van der Waals surface area contributed by atoms with Crippen LogP contribution in [-0.4, -0.2) is 11.8 Å². The Morgan fingerprint density at radius 3 is 2.26 bits per heavy atom. The summed E-state index contributed by atoms with van der Waals surface area (Å²) in [7, 11) is 0. The lowest BCUT2D eigenvalue weighted by Gasteiger charge is -2.08. The quantitative estimate of drug-likeness (QED) is 0.310. The number of benzene rings is 3. The number of carbonyl (C=O) groups excluding carboxylic acids is 2. The minimum absolute atomic E-state index is 0.0934. The Bertz CT molecular complexity index is 1680. The zero-order valence-corrected chi connectivity index (χ0v) is 19.5. The molecule has 2 heterocycles. The van der Waals surface area contributed by atoms with E-state index >= 15 is 0 Å². The lowest BCUT2D eigenvalue weighted by molar-refractivity contribution is 0.0996. The number of para-hydroxylation sites is 1. The average molecular weight is 487 g/mol. The van der Waals surface area contributed by atoms with Gasteiger partial charge in [0.2, 0.25) is 5.76 Å². The van der Waals surface area contributed by atoms with Crippen LogP contribution in [0.1, 0.15) is 32.2 Å². The molecule has 0 aliphatic carbocycles. The molecule has 5 aromatic rings. The van der Waals surface area contributed by atoms with Crippen molar-refractivity contribution in [1.82, 2.24) is 0 Å². The highest BCUT2D eigenvalue weighted by atomic mass is 35.5. The Balaban J connectivity index is 1.53. The number of hydrogen-bond donors (Lipinski definition) is 2. The van der Waals surface area contributed by atoms with E-state index in [1.54, 1.807) is 60.7 Å². The van der Waals surface area contributed by atoms with Crippen molar-refractivity contribution in [3.8, 4) is 0 Å². The molecule has 35 heavy (non-hydrogen) atoms. The Morgan fingerprint density at radius 2 is 1.49 bits per heavy atom. The van der Waals surface area contributed by atoms with Gasteiger partial charge in [0.1, 0.15) is 16.9 Å². The van der Waals surface area contributed by atoms with Crippen LogP contribution in [0.5, 0.6) is 0 Å². The van der Waals surface area contributed by atoms with Gasteiger partial charge in [-0.1, -0.05) is 23.7 Å². The van der Waals surface area contributed by atoms with E-state index in [0.717, 1.165) is 17.2 Å². The molecule has 0 aliphatic rings. The maximum Gasteiger partial charge on any atom is 0.293 e. The van der Waals surface area contributed by atoms with E-state index in [2.05, 4.69) is 10.6 Å². The summed E-state index contributed by atoms with van der Waals surface area (Å²) in [6.45, 7) is 3.79. The van der Waals surface area contributed by atoms with Gasteiger partial charge in [0.15, 0.2) is 11.2 Å². The fourth-order valence-electron chi connectivity index (χ4n) is 3.75. The van der Waals surface area contributed by atoms with Crippen LogP contribution < -0.4 is 16.1 Å². The summed E-state index contributed by atoms with van der Waals surface area (Å²) < 4.78 is 11.5. The van der Waals surface area contributed by atoms with Crippen LogP contribution in [0, 0.1) is 13.8 Å².